The lowest BCUT2D eigenvalue weighted by Crippen LogP contribution is -2.51. The van der Waals surface area contributed by atoms with Gasteiger partial charge in [0.05, 0.1) is 22.6 Å². The van der Waals surface area contributed by atoms with Crippen LogP contribution in [0.1, 0.15) is 31.9 Å². The van der Waals surface area contributed by atoms with Crippen molar-refractivity contribution in [3.05, 3.63) is 92.0 Å². The van der Waals surface area contributed by atoms with E-state index in [1.54, 1.807) is 31.2 Å². The number of rotatable bonds is 13. The molecule has 3 aromatic rings. The summed E-state index contributed by atoms with van der Waals surface area (Å²) in [6.07, 6.45) is 0. The molecule has 0 radical (unpaired) electrons. The van der Waals surface area contributed by atoms with Crippen molar-refractivity contribution in [1.82, 2.24) is 10.2 Å². The Morgan fingerprint density at radius 1 is 1.02 bits per heavy atom. The predicted octanol–water partition coefficient (Wildman–Crippen LogP) is 5.60. The number of ether oxygens (including phenoxy) is 1. The van der Waals surface area contributed by atoms with Crippen molar-refractivity contribution in [2.45, 2.75) is 45.2 Å². The van der Waals surface area contributed by atoms with E-state index in [1.807, 2.05) is 13.8 Å². The molecule has 0 heterocycles. The fourth-order valence-corrected chi connectivity index (χ4v) is 6.13. The molecule has 236 valence electrons. The quantitative estimate of drug-likeness (QED) is 0.185. The first-order chi connectivity index (χ1) is 20.6. The number of aryl methyl sites for hydroxylation is 1. The van der Waals surface area contributed by atoms with Crippen molar-refractivity contribution in [2.75, 3.05) is 24.5 Å². The number of carbonyl (C=O) groups is 2. The fourth-order valence-electron chi connectivity index (χ4n) is 4.31. The van der Waals surface area contributed by atoms with Gasteiger partial charge in [-0.15, -0.1) is 0 Å². The van der Waals surface area contributed by atoms with Crippen molar-refractivity contribution in [2.24, 2.45) is 5.92 Å². The first-order valence-corrected chi connectivity index (χ1v) is 15.8. The van der Waals surface area contributed by atoms with Gasteiger partial charge in [-0.2, -0.15) is 0 Å². The van der Waals surface area contributed by atoms with Crippen LogP contribution in [0, 0.1) is 23.0 Å². The molecule has 11 nitrogen and oxygen atoms in total. The Morgan fingerprint density at radius 3 is 2.32 bits per heavy atom. The van der Waals surface area contributed by atoms with Crippen molar-refractivity contribution < 1.29 is 27.7 Å². The number of hydrogen-bond acceptors (Lipinski definition) is 7. The molecule has 1 N–H and O–H groups in total. The van der Waals surface area contributed by atoms with Gasteiger partial charge in [0.25, 0.3) is 15.7 Å². The van der Waals surface area contributed by atoms with Crippen LogP contribution in [0.15, 0.2) is 65.6 Å². The second kappa shape index (κ2) is 14.7. The zero-order chi connectivity index (χ0) is 32.8. The predicted molar refractivity (Wildman–Crippen MR) is 170 cm³/mol. The molecule has 0 saturated heterocycles. The van der Waals surface area contributed by atoms with Gasteiger partial charge in [-0.05, 0) is 61.7 Å². The maximum atomic E-state index is 14.2. The Kier molecular flexibility index (Phi) is 11.6. The second-order valence-corrected chi connectivity index (χ2v) is 13.2. The zero-order valence-electron chi connectivity index (χ0n) is 24.9. The SMILES string of the molecule is COc1ccc(Cl)cc1N(CC(=O)N(Cc1cccc(Cl)c1)[C@@H](C)C(=O)NCC(C)C)S(=O)(=O)c1ccc(C)c([N+](=O)[O-])c1. The molecular formula is C30H34Cl2N4O7S. The smallest absolute Gasteiger partial charge is 0.273 e. The largest absolute Gasteiger partial charge is 0.495 e. The van der Waals surface area contributed by atoms with E-state index in [-0.39, 0.29) is 34.5 Å². The number of anilines is 1. The van der Waals surface area contributed by atoms with E-state index < -0.39 is 49.9 Å². The van der Waals surface area contributed by atoms with Gasteiger partial charge in [-0.25, -0.2) is 8.42 Å². The minimum atomic E-state index is -4.63. The summed E-state index contributed by atoms with van der Waals surface area (Å²) in [6.45, 7) is 6.40. The summed E-state index contributed by atoms with van der Waals surface area (Å²) in [4.78, 5) is 39.0. The third-order valence-corrected chi connectivity index (χ3v) is 8.97. The molecule has 0 spiro atoms. The number of benzene rings is 3. The summed E-state index contributed by atoms with van der Waals surface area (Å²) in [5.41, 5.74) is 0.383. The molecule has 3 rings (SSSR count). The molecule has 0 aliphatic rings. The van der Waals surface area contributed by atoms with Crippen LogP contribution in [0.25, 0.3) is 0 Å². The molecule has 0 aliphatic carbocycles. The highest BCUT2D eigenvalue weighted by atomic mass is 35.5. The van der Waals surface area contributed by atoms with Crippen LogP contribution in [-0.2, 0) is 26.2 Å². The Hall–Kier alpha value is -3.87. The number of hydrogen-bond donors (Lipinski definition) is 1. The van der Waals surface area contributed by atoms with Gasteiger partial charge in [0, 0.05) is 34.8 Å². The Labute approximate surface area is 266 Å². The number of carbonyl (C=O) groups excluding carboxylic acids is 2. The molecule has 0 saturated carbocycles. The van der Waals surface area contributed by atoms with Crippen molar-refractivity contribution in [3.8, 4) is 5.75 Å². The molecule has 14 heteroatoms. The summed E-state index contributed by atoms with van der Waals surface area (Å²) < 4.78 is 34.5. The number of nitro benzene ring substituents is 1. The third-order valence-electron chi connectivity index (χ3n) is 6.75. The van der Waals surface area contributed by atoms with Gasteiger partial charge >= 0.3 is 0 Å². The van der Waals surface area contributed by atoms with E-state index in [4.69, 9.17) is 27.9 Å². The second-order valence-electron chi connectivity index (χ2n) is 10.5. The van der Waals surface area contributed by atoms with Gasteiger partial charge in [-0.3, -0.25) is 24.0 Å². The number of amides is 2. The van der Waals surface area contributed by atoms with Crippen LogP contribution in [-0.4, -0.2) is 56.3 Å². The number of halogens is 2. The number of sulfonamides is 1. The van der Waals surface area contributed by atoms with Gasteiger partial charge < -0.3 is 15.0 Å². The number of methoxy groups -OCH3 is 1. The normalized spacial score (nSPS) is 12.0. The monoisotopic (exact) mass is 664 g/mol. The van der Waals surface area contributed by atoms with E-state index >= 15 is 0 Å². The van der Waals surface area contributed by atoms with E-state index in [0.29, 0.717) is 17.1 Å². The third kappa shape index (κ3) is 8.40. The molecular weight excluding hydrogens is 631 g/mol. The molecule has 0 unspecified atom stereocenters. The maximum Gasteiger partial charge on any atom is 0.273 e. The summed E-state index contributed by atoms with van der Waals surface area (Å²) in [7, 11) is -3.31. The van der Waals surface area contributed by atoms with Gasteiger partial charge in [0.15, 0.2) is 0 Å². The van der Waals surface area contributed by atoms with Crippen LogP contribution in [0.4, 0.5) is 11.4 Å². The highest BCUT2D eigenvalue weighted by molar-refractivity contribution is 7.92. The molecule has 0 fully saturated rings. The Balaban J connectivity index is 2.15. The fraction of sp³-hybridized carbons (Fsp3) is 0.333. The lowest BCUT2D eigenvalue weighted by molar-refractivity contribution is -0.385. The molecule has 1 atom stereocenters. The first-order valence-electron chi connectivity index (χ1n) is 13.6. The van der Waals surface area contributed by atoms with Crippen LogP contribution in [0.3, 0.4) is 0 Å². The number of nitrogens with zero attached hydrogens (tertiary/aromatic N) is 3. The molecule has 44 heavy (non-hydrogen) atoms. The lowest BCUT2D eigenvalue weighted by atomic mass is 10.1. The Morgan fingerprint density at radius 2 is 1.70 bits per heavy atom. The topological polar surface area (TPSA) is 139 Å². The van der Waals surface area contributed by atoms with Crippen molar-refractivity contribution >= 4 is 56.4 Å². The summed E-state index contributed by atoms with van der Waals surface area (Å²) in [6, 6.07) is 13.4. The average molecular weight is 666 g/mol. The van der Waals surface area contributed by atoms with Gasteiger partial charge in [0.1, 0.15) is 18.3 Å². The van der Waals surface area contributed by atoms with Gasteiger partial charge in [0.2, 0.25) is 11.8 Å². The minimum Gasteiger partial charge on any atom is -0.495 e. The molecule has 2 amide bonds. The number of nitrogens with one attached hydrogen (secondary N) is 1. The van der Waals surface area contributed by atoms with E-state index in [1.165, 1.54) is 49.3 Å². The molecule has 3 aromatic carbocycles. The van der Waals surface area contributed by atoms with Crippen LogP contribution >= 0.6 is 23.2 Å². The van der Waals surface area contributed by atoms with Crippen LogP contribution in [0.5, 0.6) is 5.75 Å². The summed E-state index contributed by atoms with van der Waals surface area (Å²) in [5, 5.41) is 15.0. The number of nitro groups is 1. The molecule has 0 aromatic heterocycles. The Bertz CT molecular complexity index is 1650. The van der Waals surface area contributed by atoms with E-state index in [9.17, 15) is 28.1 Å². The highest BCUT2D eigenvalue weighted by Crippen LogP contribution is 2.36. The highest BCUT2D eigenvalue weighted by Gasteiger charge is 2.35. The van der Waals surface area contributed by atoms with Crippen LogP contribution in [0.2, 0.25) is 10.0 Å². The minimum absolute atomic E-state index is 0.0633. The summed E-state index contributed by atoms with van der Waals surface area (Å²) >= 11 is 12.4. The summed E-state index contributed by atoms with van der Waals surface area (Å²) in [5.74, 6) is -0.934. The zero-order valence-corrected chi connectivity index (χ0v) is 27.2. The van der Waals surface area contributed by atoms with Gasteiger partial charge in [-0.1, -0.05) is 55.2 Å². The van der Waals surface area contributed by atoms with E-state index in [0.717, 1.165) is 10.4 Å². The molecule has 0 bridgehead atoms. The molecule has 0 aliphatic heterocycles. The van der Waals surface area contributed by atoms with E-state index in [2.05, 4.69) is 5.32 Å². The van der Waals surface area contributed by atoms with Crippen molar-refractivity contribution in [3.63, 3.8) is 0 Å². The average Bonchev–Trinajstić information content (AvgIpc) is 2.96. The van der Waals surface area contributed by atoms with Crippen LogP contribution < -0.4 is 14.4 Å². The maximum absolute atomic E-state index is 14.2. The lowest BCUT2D eigenvalue weighted by Gasteiger charge is -2.32. The standard InChI is InChI=1S/C30H34Cl2N4O7S/c1-19(2)16-33-30(38)21(4)34(17-22-7-6-8-23(31)13-22)29(37)18-35(27-14-24(32)10-12-28(27)43-5)44(41,42)25-11-9-20(3)26(15-25)36(39)40/h6-15,19,21H,16-18H2,1-5H3,(H,33,38)/t21-/m0/s1. The first kappa shape index (κ1) is 34.6. The van der Waals surface area contributed by atoms with Crippen molar-refractivity contribution in [1.29, 1.82) is 0 Å².